The molecule has 0 heterocycles. The second-order valence-electron chi connectivity index (χ2n) is 6.22. The lowest BCUT2D eigenvalue weighted by molar-refractivity contribution is -0.301. The molecule has 0 aliphatic rings. The van der Waals surface area contributed by atoms with Crippen molar-refractivity contribution in [1.82, 2.24) is 0 Å². The number of hydrogen-bond acceptors (Lipinski definition) is 3. The predicted octanol–water partition coefficient (Wildman–Crippen LogP) is 5.26. The van der Waals surface area contributed by atoms with Crippen LogP contribution in [0.3, 0.4) is 0 Å². The van der Waals surface area contributed by atoms with E-state index < -0.39 is 23.3 Å². The topological polar surface area (TPSA) is 35.5 Å². The molecule has 128 valence electrons. The number of carbonyl (C=O) groups excluding carboxylic acids is 1. The SMILES string of the molecule is CC(C)(C)OOC(=O)c1ccc(-c2ccc(C(F)(F)F)cc2)cc1. The average molecular weight is 338 g/mol. The van der Waals surface area contributed by atoms with Crippen LogP contribution < -0.4 is 0 Å². The third-order valence-corrected chi connectivity index (χ3v) is 3.03. The van der Waals surface area contributed by atoms with Crippen molar-refractivity contribution in [3.05, 3.63) is 59.7 Å². The Hall–Kier alpha value is -2.34. The Balaban J connectivity index is 2.10. The van der Waals surface area contributed by atoms with Crippen LogP contribution in [0.15, 0.2) is 48.5 Å². The first-order chi connectivity index (χ1) is 11.1. The van der Waals surface area contributed by atoms with Crippen LogP contribution in [0.5, 0.6) is 0 Å². The molecule has 3 nitrogen and oxygen atoms in total. The van der Waals surface area contributed by atoms with Gasteiger partial charge in [-0.25, -0.2) is 4.79 Å². The van der Waals surface area contributed by atoms with Crippen molar-refractivity contribution in [3.8, 4) is 11.1 Å². The van der Waals surface area contributed by atoms with Crippen molar-refractivity contribution in [2.45, 2.75) is 32.5 Å². The number of alkyl halides is 3. The molecule has 0 saturated carbocycles. The van der Waals surface area contributed by atoms with E-state index in [2.05, 4.69) is 0 Å². The van der Waals surface area contributed by atoms with Crippen LogP contribution in [0.1, 0.15) is 36.7 Å². The van der Waals surface area contributed by atoms with Crippen LogP contribution in [-0.4, -0.2) is 11.6 Å². The van der Waals surface area contributed by atoms with E-state index in [1.165, 1.54) is 24.3 Å². The Morgan fingerprint density at radius 2 is 1.29 bits per heavy atom. The molecule has 2 rings (SSSR count). The highest BCUT2D eigenvalue weighted by molar-refractivity contribution is 5.89. The lowest BCUT2D eigenvalue weighted by Crippen LogP contribution is -2.21. The third-order valence-electron chi connectivity index (χ3n) is 3.03. The molecular formula is C18H17F3O3. The maximum atomic E-state index is 12.6. The maximum Gasteiger partial charge on any atom is 0.416 e. The van der Waals surface area contributed by atoms with Gasteiger partial charge in [0.1, 0.15) is 5.60 Å². The quantitative estimate of drug-likeness (QED) is 0.566. The first-order valence-corrected chi connectivity index (χ1v) is 7.24. The van der Waals surface area contributed by atoms with Crippen molar-refractivity contribution in [1.29, 1.82) is 0 Å². The molecule has 2 aromatic carbocycles. The van der Waals surface area contributed by atoms with Gasteiger partial charge in [0.15, 0.2) is 0 Å². The van der Waals surface area contributed by atoms with Gasteiger partial charge in [-0.05, 0) is 56.2 Å². The zero-order valence-electron chi connectivity index (χ0n) is 13.5. The van der Waals surface area contributed by atoms with Crippen LogP contribution in [0.25, 0.3) is 11.1 Å². The highest BCUT2D eigenvalue weighted by Gasteiger charge is 2.29. The first-order valence-electron chi connectivity index (χ1n) is 7.24. The lowest BCUT2D eigenvalue weighted by Gasteiger charge is -2.16. The van der Waals surface area contributed by atoms with Crippen molar-refractivity contribution >= 4 is 5.97 Å². The minimum atomic E-state index is -4.36. The van der Waals surface area contributed by atoms with Gasteiger partial charge >= 0.3 is 12.1 Å². The normalized spacial score (nSPS) is 12.1. The van der Waals surface area contributed by atoms with Crippen LogP contribution in [0, 0.1) is 0 Å². The van der Waals surface area contributed by atoms with Crippen LogP contribution in [0.4, 0.5) is 13.2 Å². The molecule has 0 saturated heterocycles. The third kappa shape index (κ3) is 4.83. The van der Waals surface area contributed by atoms with Gasteiger partial charge in [0, 0.05) is 0 Å². The summed E-state index contributed by atoms with van der Waals surface area (Å²) in [7, 11) is 0. The Morgan fingerprint density at radius 3 is 1.71 bits per heavy atom. The highest BCUT2D eigenvalue weighted by Crippen LogP contribution is 2.31. The summed E-state index contributed by atoms with van der Waals surface area (Å²) in [5, 5.41) is 0. The summed E-state index contributed by atoms with van der Waals surface area (Å²) >= 11 is 0. The molecule has 0 unspecified atom stereocenters. The molecule has 0 fully saturated rings. The molecule has 0 amide bonds. The van der Waals surface area contributed by atoms with Gasteiger partial charge in [-0.15, -0.1) is 0 Å². The first kappa shape index (κ1) is 18.0. The van der Waals surface area contributed by atoms with E-state index in [1.54, 1.807) is 32.9 Å². The zero-order chi connectivity index (χ0) is 18.0. The van der Waals surface area contributed by atoms with Crippen molar-refractivity contribution in [2.24, 2.45) is 0 Å². The van der Waals surface area contributed by atoms with Crippen LogP contribution in [0.2, 0.25) is 0 Å². The lowest BCUT2D eigenvalue weighted by atomic mass is 10.0. The number of carbonyl (C=O) groups is 1. The molecule has 0 aliphatic heterocycles. The van der Waals surface area contributed by atoms with Crippen molar-refractivity contribution < 1.29 is 27.7 Å². The van der Waals surface area contributed by atoms with E-state index in [1.807, 2.05) is 0 Å². The molecule has 0 N–H and O–H groups in total. The predicted molar refractivity (Wildman–Crippen MR) is 83.1 cm³/mol. The minimum Gasteiger partial charge on any atom is -0.292 e. The van der Waals surface area contributed by atoms with Gasteiger partial charge in [-0.2, -0.15) is 18.1 Å². The van der Waals surface area contributed by atoms with Gasteiger partial charge < -0.3 is 0 Å². The van der Waals surface area contributed by atoms with Gasteiger partial charge in [0.05, 0.1) is 11.1 Å². The monoisotopic (exact) mass is 338 g/mol. The smallest absolute Gasteiger partial charge is 0.292 e. The van der Waals surface area contributed by atoms with Gasteiger partial charge in [-0.3, -0.25) is 4.89 Å². The molecule has 2 aromatic rings. The largest absolute Gasteiger partial charge is 0.416 e. The molecule has 0 aliphatic carbocycles. The van der Waals surface area contributed by atoms with Gasteiger partial charge in [0.25, 0.3) is 0 Å². The van der Waals surface area contributed by atoms with E-state index in [0.29, 0.717) is 11.1 Å². The molecule has 6 heteroatoms. The summed E-state index contributed by atoms with van der Waals surface area (Å²) in [5.41, 5.74) is 0.280. The number of halogens is 3. The van der Waals surface area contributed by atoms with Crippen molar-refractivity contribution in [3.63, 3.8) is 0 Å². The number of rotatable bonds is 3. The Morgan fingerprint density at radius 1 is 0.833 bits per heavy atom. The molecule has 0 radical (unpaired) electrons. The Labute approximate surface area is 137 Å². The number of hydrogen-bond donors (Lipinski definition) is 0. The van der Waals surface area contributed by atoms with E-state index in [9.17, 15) is 18.0 Å². The van der Waals surface area contributed by atoms with E-state index >= 15 is 0 Å². The molecule has 0 atom stereocenters. The summed E-state index contributed by atoms with van der Waals surface area (Å²) in [6, 6.07) is 11.1. The maximum absolute atomic E-state index is 12.6. The van der Waals surface area contributed by atoms with E-state index in [4.69, 9.17) is 9.78 Å². The second-order valence-corrected chi connectivity index (χ2v) is 6.22. The Kier molecular flexibility index (Phi) is 4.99. The van der Waals surface area contributed by atoms with E-state index in [-0.39, 0.29) is 5.56 Å². The summed E-state index contributed by atoms with van der Waals surface area (Å²) < 4.78 is 37.7. The Bertz CT molecular complexity index is 696. The standard InChI is InChI=1S/C18H17F3O3/c1-17(2,3)24-23-16(22)14-6-4-12(5-7-14)13-8-10-15(11-9-13)18(19,20)21/h4-11H,1-3H3. The second kappa shape index (κ2) is 6.65. The summed E-state index contributed by atoms with van der Waals surface area (Å²) in [6.45, 7) is 5.23. The average Bonchev–Trinajstić information content (AvgIpc) is 2.51. The van der Waals surface area contributed by atoms with E-state index in [0.717, 1.165) is 12.1 Å². The molecule has 0 aromatic heterocycles. The summed E-state index contributed by atoms with van der Waals surface area (Å²) in [4.78, 5) is 21.5. The van der Waals surface area contributed by atoms with Crippen LogP contribution in [-0.2, 0) is 16.0 Å². The fraction of sp³-hybridized carbons (Fsp3) is 0.278. The van der Waals surface area contributed by atoms with Crippen LogP contribution >= 0.6 is 0 Å². The van der Waals surface area contributed by atoms with Gasteiger partial charge in [-0.1, -0.05) is 24.3 Å². The molecule has 0 bridgehead atoms. The summed E-state index contributed by atoms with van der Waals surface area (Å²) in [6.07, 6.45) is -4.36. The minimum absolute atomic E-state index is 0.287. The highest BCUT2D eigenvalue weighted by atomic mass is 19.4. The summed E-state index contributed by atoms with van der Waals surface area (Å²) in [5.74, 6) is -0.635. The number of benzene rings is 2. The zero-order valence-corrected chi connectivity index (χ0v) is 13.5. The van der Waals surface area contributed by atoms with Gasteiger partial charge in [0.2, 0.25) is 0 Å². The molecular weight excluding hydrogens is 321 g/mol. The van der Waals surface area contributed by atoms with Crippen molar-refractivity contribution in [2.75, 3.05) is 0 Å². The molecule has 24 heavy (non-hydrogen) atoms. The fourth-order valence-corrected chi connectivity index (χ4v) is 1.86. The molecule has 0 spiro atoms. The fourth-order valence-electron chi connectivity index (χ4n) is 1.86.